The molecule has 0 aliphatic carbocycles. The highest BCUT2D eigenvalue weighted by atomic mass is 32.2. The minimum Gasteiger partial charge on any atom is -0.444 e. The number of hydrogen-bond donors (Lipinski definition) is 1. The molecule has 4 rings (SSSR count). The fraction of sp³-hybridized carbons (Fsp3) is 0.364. The lowest BCUT2D eigenvalue weighted by molar-refractivity contribution is 0.0292. The van der Waals surface area contributed by atoms with E-state index in [0.29, 0.717) is 5.92 Å². The van der Waals surface area contributed by atoms with Gasteiger partial charge in [-0.2, -0.15) is 5.10 Å². The summed E-state index contributed by atoms with van der Waals surface area (Å²) in [5.41, 5.74) is 1.88. The molecule has 1 amide bonds. The predicted molar refractivity (Wildman–Crippen MR) is 112 cm³/mol. The summed E-state index contributed by atoms with van der Waals surface area (Å²) in [5.74, 6) is 0.369. The van der Waals surface area contributed by atoms with Gasteiger partial charge in [0.25, 0.3) is 0 Å². The summed E-state index contributed by atoms with van der Waals surface area (Å²) in [6, 6.07) is 15.0. The van der Waals surface area contributed by atoms with Crippen molar-refractivity contribution >= 4 is 28.8 Å². The van der Waals surface area contributed by atoms with E-state index in [4.69, 9.17) is 4.74 Å². The Bertz CT molecular complexity index is 975. The van der Waals surface area contributed by atoms with Gasteiger partial charge in [0, 0.05) is 34.2 Å². The van der Waals surface area contributed by atoms with E-state index in [1.807, 2.05) is 31.9 Å². The molecule has 3 aromatic rings. The molecule has 1 N–H and O–H groups in total. The molecule has 0 bridgehead atoms. The molecule has 1 fully saturated rings. The Hall–Kier alpha value is -2.47. The third-order valence-corrected chi connectivity index (χ3v) is 5.84. The number of amides is 1. The number of ether oxygens (including phenoxy) is 1. The molecule has 28 heavy (non-hydrogen) atoms. The standard InChI is InChI=1S/C22H25N3O2S/c1-22(2,3)27-21(26)25-11-10-16(14-25)15-4-6-18(7-5-15)28-19-8-9-20-17(12-19)13-23-24-20/h4-9,12-13,16H,10-11,14H2,1-3H3,(H,23,24). The van der Waals surface area contributed by atoms with Crippen molar-refractivity contribution in [2.45, 2.75) is 48.5 Å². The topological polar surface area (TPSA) is 58.2 Å². The van der Waals surface area contributed by atoms with Crippen LogP contribution in [-0.2, 0) is 4.74 Å². The monoisotopic (exact) mass is 395 g/mol. The number of likely N-dealkylation sites (tertiary alicyclic amines) is 1. The molecule has 1 aromatic heterocycles. The molecule has 2 aromatic carbocycles. The minimum absolute atomic E-state index is 0.211. The van der Waals surface area contributed by atoms with Crippen molar-refractivity contribution in [2.75, 3.05) is 13.1 Å². The molecule has 5 nitrogen and oxygen atoms in total. The van der Waals surface area contributed by atoms with Crippen molar-refractivity contribution in [2.24, 2.45) is 0 Å². The first-order chi connectivity index (χ1) is 13.4. The first-order valence-corrected chi connectivity index (χ1v) is 10.4. The number of H-pyrrole nitrogens is 1. The van der Waals surface area contributed by atoms with Gasteiger partial charge in [-0.3, -0.25) is 5.10 Å². The van der Waals surface area contributed by atoms with Crippen LogP contribution in [0.2, 0.25) is 0 Å². The fourth-order valence-electron chi connectivity index (χ4n) is 3.45. The highest BCUT2D eigenvalue weighted by Gasteiger charge is 2.30. The molecule has 0 spiro atoms. The van der Waals surface area contributed by atoms with Gasteiger partial charge in [0.15, 0.2) is 0 Å². The summed E-state index contributed by atoms with van der Waals surface area (Å²) >= 11 is 1.74. The highest BCUT2D eigenvalue weighted by Crippen LogP contribution is 2.33. The molecule has 0 radical (unpaired) electrons. The van der Waals surface area contributed by atoms with Gasteiger partial charge in [0.05, 0.1) is 11.7 Å². The van der Waals surface area contributed by atoms with Crippen LogP contribution in [0, 0.1) is 0 Å². The summed E-state index contributed by atoms with van der Waals surface area (Å²) in [6.07, 6.45) is 2.61. The fourth-order valence-corrected chi connectivity index (χ4v) is 4.32. The van der Waals surface area contributed by atoms with E-state index in [-0.39, 0.29) is 6.09 Å². The van der Waals surface area contributed by atoms with Crippen LogP contribution in [-0.4, -0.2) is 39.9 Å². The molecule has 2 heterocycles. The quantitative estimate of drug-likeness (QED) is 0.642. The van der Waals surface area contributed by atoms with Gasteiger partial charge in [0.1, 0.15) is 5.60 Å². The lowest BCUT2D eigenvalue weighted by Crippen LogP contribution is -2.35. The zero-order chi connectivity index (χ0) is 19.7. The number of carbonyl (C=O) groups is 1. The van der Waals surface area contributed by atoms with Gasteiger partial charge >= 0.3 is 6.09 Å². The molecular formula is C22H25N3O2S. The van der Waals surface area contributed by atoms with Crippen LogP contribution in [0.25, 0.3) is 10.9 Å². The van der Waals surface area contributed by atoms with Crippen molar-refractivity contribution in [3.63, 3.8) is 0 Å². The Morgan fingerprint density at radius 2 is 1.93 bits per heavy atom. The minimum atomic E-state index is -0.451. The molecule has 146 valence electrons. The zero-order valence-electron chi connectivity index (χ0n) is 16.4. The Balaban J connectivity index is 1.38. The maximum atomic E-state index is 12.3. The van der Waals surface area contributed by atoms with Crippen LogP contribution in [0.15, 0.2) is 58.5 Å². The third kappa shape index (κ3) is 4.33. The van der Waals surface area contributed by atoms with Crippen molar-refractivity contribution in [1.82, 2.24) is 15.1 Å². The summed E-state index contributed by atoms with van der Waals surface area (Å²) in [4.78, 5) is 16.5. The van der Waals surface area contributed by atoms with E-state index in [9.17, 15) is 4.79 Å². The molecule has 1 aliphatic heterocycles. The van der Waals surface area contributed by atoms with E-state index >= 15 is 0 Å². The first kappa shape index (κ1) is 18.9. The summed E-state index contributed by atoms with van der Waals surface area (Å²) < 4.78 is 5.49. The largest absolute Gasteiger partial charge is 0.444 e. The van der Waals surface area contributed by atoms with Crippen LogP contribution < -0.4 is 0 Å². The molecule has 1 unspecified atom stereocenters. The van der Waals surface area contributed by atoms with Gasteiger partial charge < -0.3 is 9.64 Å². The summed E-state index contributed by atoms with van der Waals surface area (Å²) in [6.45, 7) is 7.18. The second kappa shape index (κ2) is 7.51. The third-order valence-electron chi connectivity index (χ3n) is 4.84. The van der Waals surface area contributed by atoms with E-state index in [1.54, 1.807) is 11.8 Å². The van der Waals surface area contributed by atoms with Gasteiger partial charge in [-0.15, -0.1) is 0 Å². The first-order valence-electron chi connectivity index (χ1n) is 9.56. The SMILES string of the molecule is CC(C)(C)OC(=O)N1CCC(c2ccc(Sc3ccc4[nH]ncc4c3)cc2)C1. The number of aromatic nitrogens is 2. The lowest BCUT2D eigenvalue weighted by Gasteiger charge is -2.24. The molecule has 1 atom stereocenters. The Morgan fingerprint density at radius 1 is 1.18 bits per heavy atom. The summed E-state index contributed by atoms with van der Waals surface area (Å²) in [7, 11) is 0. The maximum absolute atomic E-state index is 12.3. The van der Waals surface area contributed by atoms with Gasteiger partial charge in [0.2, 0.25) is 0 Å². The number of fused-ring (bicyclic) bond motifs is 1. The molecular weight excluding hydrogens is 370 g/mol. The Morgan fingerprint density at radius 3 is 2.68 bits per heavy atom. The second-order valence-corrected chi connectivity index (χ2v) is 9.35. The zero-order valence-corrected chi connectivity index (χ0v) is 17.3. The van der Waals surface area contributed by atoms with Gasteiger partial charge in [-0.1, -0.05) is 23.9 Å². The molecule has 6 heteroatoms. The van der Waals surface area contributed by atoms with Crippen LogP contribution in [0.5, 0.6) is 0 Å². The van der Waals surface area contributed by atoms with Crippen LogP contribution in [0.3, 0.4) is 0 Å². The number of nitrogens with zero attached hydrogens (tertiary/aromatic N) is 2. The Labute approximate surface area is 169 Å². The lowest BCUT2D eigenvalue weighted by atomic mass is 9.99. The number of benzene rings is 2. The highest BCUT2D eigenvalue weighted by molar-refractivity contribution is 7.99. The van der Waals surface area contributed by atoms with E-state index in [2.05, 4.69) is 52.7 Å². The normalized spacial score (nSPS) is 17.2. The number of carbonyl (C=O) groups excluding carboxylic acids is 1. The average Bonchev–Trinajstić information content (AvgIpc) is 3.30. The average molecular weight is 396 g/mol. The number of rotatable bonds is 3. The number of aromatic amines is 1. The predicted octanol–water partition coefficient (Wildman–Crippen LogP) is 5.44. The van der Waals surface area contributed by atoms with Crippen molar-refractivity contribution in [3.8, 4) is 0 Å². The van der Waals surface area contributed by atoms with Crippen molar-refractivity contribution < 1.29 is 9.53 Å². The number of nitrogens with one attached hydrogen (secondary N) is 1. The van der Waals surface area contributed by atoms with Crippen LogP contribution >= 0.6 is 11.8 Å². The molecule has 0 saturated carbocycles. The van der Waals surface area contributed by atoms with Gasteiger partial charge in [-0.05, 0) is 63.1 Å². The van der Waals surface area contributed by atoms with E-state index < -0.39 is 5.60 Å². The smallest absolute Gasteiger partial charge is 0.410 e. The molecule has 1 saturated heterocycles. The summed E-state index contributed by atoms with van der Waals surface area (Å²) in [5, 5.41) is 8.17. The van der Waals surface area contributed by atoms with E-state index in [1.165, 1.54) is 15.4 Å². The van der Waals surface area contributed by atoms with Crippen LogP contribution in [0.1, 0.15) is 38.7 Å². The molecule has 1 aliphatic rings. The Kier molecular flexibility index (Phi) is 5.06. The number of hydrogen-bond acceptors (Lipinski definition) is 4. The van der Waals surface area contributed by atoms with Crippen molar-refractivity contribution in [1.29, 1.82) is 0 Å². The van der Waals surface area contributed by atoms with Gasteiger partial charge in [-0.25, -0.2) is 4.79 Å². The van der Waals surface area contributed by atoms with Crippen LogP contribution in [0.4, 0.5) is 4.79 Å². The van der Waals surface area contributed by atoms with Crippen molar-refractivity contribution in [3.05, 3.63) is 54.2 Å². The maximum Gasteiger partial charge on any atom is 0.410 e. The second-order valence-electron chi connectivity index (χ2n) is 8.20. The van der Waals surface area contributed by atoms with E-state index in [0.717, 1.165) is 30.4 Å².